The van der Waals surface area contributed by atoms with Crippen molar-refractivity contribution >= 4 is 23.4 Å². The Balaban J connectivity index is 2.20. The van der Waals surface area contributed by atoms with E-state index in [0.717, 1.165) is 23.3 Å². The van der Waals surface area contributed by atoms with Crippen LogP contribution in [-0.4, -0.2) is 36.4 Å². The van der Waals surface area contributed by atoms with Gasteiger partial charge in [0.25, 0.3) is 0 Å². The van der Waals surface area contributed by atoms with E-state index in [1.165, 1.54) is 0 Å². The molecule has 0 saturated carbocycles. The lowest BCUT2D eigenvalue weighted by Gasteiger charge is -2.29. The molecule has 2 amide bonds. The highest BCUT2D eigenvalue weighted by atomic mass is 35.5. The normalized spacial score (nSPS) is 11.6. The summed E-state index contributed by atoms with van der Waals surface area (Å²) in [4.78, 5) is 27.2. The Hall–Kier alpha value is -2.53. The summed E-state index contributed by atoms with van der Waals surface area (Å²) >= 11 is 6.04. The van der Waals surface area contributed by atoms with Crippen LogP contribution in [0.15, 0.2) is 48.5 Å². The second kappa shape index (κ2) is 10.7. The molecule has 5 nitrogen and oxygen atoms in total. The van der Waals surface area contributed by atoms with Crippen molar-refractivity contribution in [2.24, 2.45) is 0 Å². The summed E-state index contributed by atoms with van der Waals surface area (Å²) in [6, 6.07) is 14.1. The van der Waals surface area contributed by atoms with Gasteiger partial charge in [-0.2, -0.15) is 0 Å². The number of benzene rings is 2. The van der Waals surface area contributed by atoms with Crippen molar-refractivity contribution in [2.75, 3.05) is 13.7 Å². The molecule has 6 heteroatoms. The molecule has 0 aromatic heterocycles. The lowest BCUT2D eigenvalue weighted by atomic mass is 10.1. The van der Waals surface area contributed by atoms with E-state index >= 15 is 0 Å². The average molecular weight is 403 g/mol. The minimum Gasteiger partial charge on any atom is -0.497 e. The van der Waals surface area contributed by atoms with Crippen LogP contribution in [0.3, 0.4) is 0 Å². The van der Waals surface area contributed by atoms with Crippen LogP contribution in [0.1, 0.15) is 31.4 Å². The van der Waals surface area contributed by atoms with E-state index in [0.29, 0.717) is 18.1 Å². The highest BCUT2D eigenvalue weighted by molar-refractivity contribution is 6.30. The zero-order valence-corrected chi connectivity index (χ0v) is 17.3. The van der Waals surface area contributed by atoms with Crippen LogP contribution in [0.2, 0.25) is 5.02 Å². The Bertz CT molecular complexity index is 793. The van der Waals surface area contributed by atoms with Crippen LogP contribution >= 0.6 is 11.6 Å². The van der Waals surface area contributed by atoms with Crippen LogP contribution in [-0.2, 0) is 22.6 Å². The lowest BCUT2D eigenvalue weighted by molar-refractivity contribution is -0.140. The fourth-order valence-corrected chi connectivity index (χ4v) is 3.04. The predicted octanol–water partition coefficient (Wildman–Crippen LogP) is 3.83. The van der Waals surface area contributed by atoms with Gasteiger partial charge in [-0.15, -0.1) is 0 Å². The minimum atomic E-state index is -0.583. The number of carbonyl (C=O) groups is 2. The fraction of sp³-hybridized carbons (Fsp3) is 0.364. The maximum atomic E-state index is 13.0. The first kappa shape index (κ1) is 21.8. The molecule has 28 heavy (non-hydrogen) atoms. The molecule has 1 atom stereocenters. The van der Waals surface area contributed by atoms with Gasteiger partial charge in [-0.05, 0) is 48.7 Å². The zero-order valence-electron chi connectivity index (χ0n) is 16.6. The molecule has 0 aliphatic carbocycles. The zero-order chi connectivity index (χ0) is 20.5. The van der Waals surface area contributed by atoms with E-state index in [1.54, 1.807) is 31.1 Å². The molecule has 0 bridgehead atoms. The Morgan fingerprint density at radius 2 is 1.86 bits per heavy atom. The molecule has 0 saturated heterocycles. The molecular formula is C22H27ClN2O3. The number of methoxy groups -OCH3 is 1. The van der Waals surface area contributed by atoms with Crippen molar-refractivity contribution in [2.45, 2.75) is 39.3 Å². The van der Waals surface area contributed by atoms with Crippen LogP contribution in [0.25, 0.3) is 0 Å². The number of carbonyl (C=O) groups excluding carboxylic acids is 2. The van der Waals surface area contributed by atoms with Crippen molar-refractivity contribution in [3.63, 3.8) is 0 Å². The first-order valence-corrected chi connectivity index (χ1v) is 9.77. The molecule has 2 rings (SSSR count). The van der Waals surface area contributed by atoms with E-state index in [1.807, 2.05) is 43.3 Å². The molecule has 1 N–H and O–H groups in total. The Morgan fingerprint density at radius 1 is 1.14 bits per heavy atom. The Labute approximate surface area is 171 Å². The lowest BCUT2D eigenvalue weighted by Crippen LogP contribution is -2.48. The molecule has 2 aromatic carbocycles. The van der Waals surface area contributed by atoms with Crippen LogP contribution in [0.5, 0.6) is 5.75 Å². The van der Waals surface area contributed by atoms with Gasteiger partial charge in [0, 0.05) is 18.1 Å². The summed E-state index contributed by atoms with van der Waals surface area (Å²) in [5, 5.41) is 3.45. The molecular weight excluding hydrogens is 376 g/mol. The minimum absolute atomic E-state index is 0.128. The first-order valence-electron chi connectivity index (χ1n) is 9.39. The highest BCUT2D eigenvalue weighted by Crippen LogP contribution is 2.17. The van der Waals surface area contributed by atoms with Crippen molar-refractivity contribution < 1.29 is 14.3 Å². The third-order valence-corrected chi connectivity index (χ3v) is 4.71. The van der Waals surface area contributed by atoms with Gasteiger partial charge < -0.3 is 15.0 Å². The number of amides is 2. The monoisotopic (exact) mass is 402 g/mol. The SMILES string of the molecule is CCCNC(=O)[C@H](C)N(Cc1ccc(OC)cc1)C(=O)Cc1cccc(Cl)c1. The summed E-state index contributed by atoms with van der Waals surface area (Å²) in [5.74, 6) is 0.460. The third-order valence-electron chi connectivity index (χ3n) is 4.47. The van der Waals surface area contributed by atoms with Gasteiger partial charge >= 0.3 is 0 Å². The highest BCUT2D eigenvalue weighted by Gasteiger charge is 2.26. The summed E-state index contributed by atoms with van der Waals surface area (Å²) in [6.45, 7) is 4.67. The molecule has 0 radical (unpaired) electrons. The molecule has 0 spiro atoms. The van der Waals surface area contributed by atoms with Gasteiger partial charge in [0.05, 0.1) is 13.5 Å². The molecule has 0 aliphatic heterocycles. The van der Waals surface area contributed by atoms with E-state index in [-0.39, 0.29) is 18.2 Å². The Kier molecular flexibility index (Phi) is 8.33. The van der Waals surface area contributed by atoms with Gasteiger partial charge in [0.2, 0.25) is 11.8 Å². The van der Waals surface area contributed by atoms with Gasteiger partial charge in [0.1, 0.15) is 11.8 Å². The van der Waals surface area contributed by atoms with Crippen molar-refractivity contribution in [1.82, 2.24) is 10.2 Å². The largest absolute Gasteiger partial charge is 0.497 e. The number of ether oxygens (including phenoxy) is 1. The number of nitrogens with one attached hydrogen (secondary N) is 1. The summed E-state index contributed by atoms with van der Waals surface area (Å²) < 4.78 is 5.18. The summed E-state index contributed by atoms with van der Waals surface area (Å²) in [6.07, 6.45) is 1.02. The van der Waals surface area contributed by atoms with Crippen molar-refractivity contribution in [3.8, 4) is 5.75 Å². The maximum absolute atomic E-state index is 13.0. The van der Waals surface area contributed by atoms with E-state index < -0.39 is 6.04 Å². The first-order chi connectivity index (χ1) is 13.4. The topological polar surface area (TPSA) is 58.6 Å². The molecule has 150 valence electrons. The fourth-order valence-electron chi connectivity index (χ4n) is 2.83. The molecule has 0 aliphatic rings. The average Bonchev–Trinajstić information content (AvgIpc) is 2.70. The Morgan fingerprint density at radius 3 is 2.46 bits per heavy atom. The van der Waals surface area contributed by atoms with E-state index in [9.17, 15) is 9.59 Å². The smallest absolute Gasteiger partial charge is 0.242 e. The number of hydrogen-bond donors (Lipinski definition) is 1. The number of nitrogens with zero attached hydrogens (tertiary/aromatic N) is 1. The predicted molar refractivity (Wildman–Crippen MR) is 111 cm³/mol. The van der Waals surface area contributed by atoms with Gasteiger partial charge in [-0.1, -0.05) is 42.8 Å². The number of rotatable bonds is 9. The van der Waals surface area contributed by atoms with Crippen LogP contribution < -0.4 is 10.1 Å². The van der Waals surface area contributed by atoms with Crippen LogP contribution in [0.4, 0.5) is 0 Å². The van der Waals surface area contributed by atoms with E-state index in [2.05, 4.69) is 5.32 Å². The third kappa shape index (κ3) is 6.27. The summed E-state index contributed by atoms with van der Waals surface area (Å²) in [7, 11) is 1.61. The van der Waals surface area contributed by atoms with Gasteiger partial charge in [-0.3, -0.25) is 9.59 Å². The van der Waals surface area contributed by atoms with Gasteiger partial charge in [-0.25, -0.2) is 0 Å². The molecule has 0 heterocycles. The maximum Gasteiger partial charge on any atom is 0.242 e. The van der Waals surface area contributed by atoms with Crippen molar-refractivity contribution in [1.29, 1.82) is 0 Å². The van der Waals surface area contributed by atoms with Gasteiger partial charge in [0.15, 0.2) is 0 Å². The second-order valence-corrected chi connectivity index (χ2v) is 7.08. The van der Waals surface area contributed by atoms with E-state index in [4.69, 9.17) is 16.3 Å². The number of halogens is 1. The molecule has 2 aromatic rings. The molecule has 0 unspecified atom stereocenters. The van der Waals surface area contributed by atoms with Crippen LogP contribution in [0, 0.1) is 0 Å². The van der Waals surface area contributed by atoms with Crippen molar-refractivity contribution in [3.05, 3.63) is 64.7 Å². The quantitative estimate of drug-likeness (QED) is 0.693. The second-order valence-electron chi connectivity index (χ2n) is 6.64. The summed E-state index contributed by atoms with van der Waals surface area (Å²) in [5.41, 5.74) is 1.74. The number of hydrogen-bond acceptors (Lipinski definition) is 3. The molecule has 0 fully saturated rings. The standard InChI is InChI=1S/C22H27ClN2O3/c1-4-12-24-22(27)16(2)25(15-17-8-10-20(28-3)11-9-17)21(26)14-18-6-5-7-19(23)13-18/h5-11,13,16H,4,12,14-15H2,1-3H3,(H,24,27)/t16-/m0/s1.